The Balaban J connectivity index is 1.36. The van der Waals surface area contributed by atoms with Crippen LogP contribution in [0.25, 0.3) is 0 Å². The zero-order valence-electron chi connectivity index (χ0n) is 16.6. The zero-order chi connectivity index (χ0) is 20.1. The van der Waals surface area contributed by atoms with Gasteiger partial charge in [0.2, 0.25) is 0 Å². The standard InChI is InChI=1S/C23H25N5O/c1-18-5-4-6-19(15-18)17-26-20-8-10-24-21(16-20)23(29)28-13-11-27(12-14-28)22-7-2-3-9-25-22/h2-10,15-16H,11-14,17H2,1H3,(H,24,26). The molecule has 1 N–H and O–H groups in total. The summed E-state index contributed by atoms with van der Waals surface area (Å²) < 4.78 is 0. The summed E-state index contributed by atoms with van der Waals surface area (Å²) in [4.78, 5) is 25.7. The molecule has 1 aromatic carbocycles. The third-order valence-electron chi connectivity index (χ3n) is 5.10. The summed E-state index contributed by atoms with van der Waals surface area (Å²) in [6, 6.07) is 18.0. The predicted molar refractivity (Wildman–Crippen MR) is 115 cm³/mol. The SMILES string of the molecule is Cc1cccc(CNc2ccnc(C(=O)N3CCN(c4ccccn4)CC3)c2)c1. The smallest absolute Gasteiger partial charge is 0.272 e. The molecule has 1 amide bonds. The average Bonchev–Trinajstić information content (AvgIpc) is 2.78. The molecule has 3 heterocycles. The van der Waals surface area contributed by atoms with Crippen molar-refractivity contribution in [3.8, 4) is 0 Å². The molecular weight excluding hydrogens is 362 g/mol. The second-order valence-electron chi connectivity index (χ2n) is 7.24. The molecule has 0 radical (unpaired) electrons. The van der Waals surface area contributed by atoms with Crippen LogP contribution < -0.4 is 10.2 Å². The first-order valence-corrected chi connectivity index (χ1v) is 9.90. The summed E-state index contributed by atoms with van der Waals surface area (Å²) in [7, 11) is 0. The Morgan fingerprint density at radius 3 is 2.59 bits per heavy atom. The molecule has 1 fully saturated rings. The minimum Gasteiger partial charge on any atom is -0.381 e. The molecule has 0 unspecified atom stereocenters. The number of carbonyl (C=O) groups is 1. The molecule has 6 heteroatoms. The van der Waals surface area contributed by atoms with Crippen molar-refractivity contribution in [2.75, 3.05) is 36.4 Å². The van der Waals surface area contributed by atoms with Crippen molar-refractivity contribution in [2.24, 2.45) is 0 Å². The van der Waals surface area contributed by atoms with Gasteiger partial charge in [-0.1, -0.05) is 35.9 Å². The Hall–Kier alpha value is -3.41. The van der Waals surface area contributed by atoms with Gasteiger partial charge in [0.15, 0.2) is 0 Å². The fourth-order valence-corrected chi connectivity index (χ4v) is 3.53. The molecular formula is C23H25N5O. The van der Waals surface area contributed by atoms with Crippen LogP contribution >= 0.6 is 0 Å². The molecule has 0 spiro atoms. The van der Waals surface area contributed by atoms with Gasteiger partial charge in [-0.25, -0.2) is 4.98 Å². The van der Waals surface area contributed by atoms with Crippen molar-refractivity contribution in [1.29, 1.82) is 0 Å². The van der Waals surface area contributed by atoms with Gasteiger partial charge in [-0.15, -0.1) is 0 Å². The number of carbonyl (C=O) groups excluding carboxylic acids is 1. The fraction of sp³-hybridized carbons (Fsp3) is 0.261. The third-order valence-corrected chi connectivity index (χ3v) is 5.10. The maximum atomic E-state index is 12.9. The van der Waals surface area contributed by atoms with Crippen LogP contribution in [0.5, 0.6) is 0 Å². The number of aromatic nitrogens is 2. The number of pyridine rings is 2. The van der Waals surface area contributed by atoms with Gasteiger partial charge >= 0.3 is 0 Å². The molecule has 3 aromatic rings. The van der Waals surface area contributed by atoms with E-state index in [9.17, 15) is 4.79 Å². The minimum absolute atomic E-state index is 0.0233. The molecule has 148 valence electrons. The van der Waals surface area contributed by atoms with Crippen LogP contribution in [0.2, 0.25) is 0 Å². The molecule has 0 atom stereocenters. The molecule has 6 nitrogen and oxygen atoms in total. The number of aryl methyl sites for hydroxylation is 1. The van der Waals surface area contributed by atoms with Crippen LogP contribution in [0.3, 0.4) is 0 Å². The van der Waals surface area contributed by atoms with Crippen LogP contribution in [0, 0.1) is 6.92 Å². The summed E-state index contributed by atoms with van der Waals surface area (Å²) in [5.41, 5.74) is 3.82. The normalized spacial score (nSPS) is 14.0. The minimum atomic E-state index is -0.0233. The van der Waals surface area contributed by atoms with E-state index in [0.717, 1.165) is 24.6 Å². The van der Waals surface area contributed by atoms with Crippen molar-refractivity contribution in [1.82, 2.24) is 14.9 Å². The van der Waals surface area contributed by atoms with E-state index in [1.165, 1.54) is 11.1 Å². The van der Waals surface area contributed by atoms with E-state index in [0.29, 0.717) is 25.3 Å². The van der Waals surface area contributed by atoms with E-state index < -0.39 is 0 Å². The van der Waals surface area contributed by atoms with Crippen molar-refractivity contribution in [3.05, 3.63) is 83.8 Å². The first-order chi connectivity index (χ1) is 14.2. The molecule has 29 heavy (non-hydrogen) atoms. The lowest BCUT2D eigenvalue weighted by molar-refractivity contribution is 0.0740. The Kier molecular flexibility index (Phi) is 5.70. The van der Waals surface area contributed by atoms with Gasteiger partial charge in [-0.3, -0.25) is 9.78 Å². The topological polar surface area (TPSA) is 61.4 Å². The molecule has 1 saturated heterocycles. The maximum Gasteiger partial charge on any atom is 0.272 e. The van der Waals surface area contributed by atoms with Crippen LogP contribution in [0.15, 0.2) is 67.0 Å². The van der Waals surface area contributed by atoms with Crippen molar-refractivity contribution in [3.63, 3.8) is 0 Å². The number of hydrogen-bond acceptors (Lipinski definition) is 5. The highest BCUT2D eigenvalue weighted by molar-refractivity contribution is 5.93. The van der Waals surface area contributed by atoms with Crippen LogP contribution in [0.4, 0.5) is 11.5 Å². The first kappa shape index (κ1) is 18.9. The summed E-state index contributed by atoms with van der Waals surface area (Å²) in [5.74, 6) is 0.935. The van der Waals surface area contributed by atoms with Gasteiger partial charge in [0.05, 0.1) is 0 Å². The lowest BCUT2D eigenvalue weighted by Crippen LogP contribution is -2.49. The monoisotopic (exact) mass is 387 g/mol. The second-order valence-corrected chi connectivity index (χ2v) is 7.24. The van der Waals surface area contributed by atoms with E-state index >= 15 is 0 Å². The van der Waals surface area contributed by atoms with E-state index in [1.807, 2.05) is 35.2 Å². The number of hydrogen-bond donors (Lipinski definition) is 1. The first-order valence-electron chi connectivity index (χ1n) is 9.90. The zero-order valence-corrected chi connectivity index (χ0v) is 16.6. The lowest BCUT2D eigenvalue weighted by atomic mass is 10.1. The Morgan fingerprint density at radius 1 is 0.966 bits per heavy atom. The molecule has 0 saturated carbocycles. The number of rotatable bonds is 5. The number of piperazine rings is 1. The highest BCUT2D eigenvalue weighted by Crippen LogP contribution is 2.16. The lowest BCUT2D eigenvalue weighted by Gasteiger charge is -2.35. The van der Waals surface area contributed by atoms with Crippen LogP contribution in [-0.4, -0.2) is 47.0 Å². The van der Waals surface area contributed by atoms with E-state index in [2.05, 4.69) is 51.4 Å². The number of amides is 1. The molecule has 4 rings (SSSR count). The summed E-state index contributed by atoms with van der Waals surface area (Å²) >= 11 is 0. The fourth-order valence-electron chi connectivity index (χ4n) is 3.53. The largest absolute Gasteiger partial charge is 0.381 e. The van der Waals surface area contributed by atoms with Gasteiger partial charge in [-0.05, 0) is 36.8 Å². The van der Waals surface area contributed by atoms with Crippen LogP contribution in [-0.2, 0) is 6.54 Å². The third kappa shape index (κ3) is 4.71. The van der Waals surface area contributed by atoms with Gasteiger partial charge in [0.25, 0.3) is 5.91 Å². The predicted octanol–water partition coefficient (Wildman–Crippen LogP) is 3.36. The summed E-state index contributed by atoms with van der Waals surface area (Å²) in [5, 5.41) is 3.39. The molecule has 1 aliphatic heterocycles. The van der Waals surface area contributed by atoms with Crippen molar-refractivity contribution >= 4 is 17.4 Å². The van der Waals surface area contributed by atoms with Gasteiger partial charge in [-0.2, -0.15) is 0 Å². The van der Waals surface area contributed by atoms with Crippen molar-refractivity contribution in [2.45, 2.75) is 13.5 Å². The Bertz CT molecular complexity index is 968. The Morgan fingerprint density at radius 2 is 1.83 bits per heavy atom. The van der Waals surface area contributed by atoms with Crippen LogP contribution in [0.1, 0.15) is 21.6 Å². The maximum absolute atomic E-state index is 12.9. The van der Waals surface area contributed by atoms with Crippen molar-refractivity contribution < 1.29 is 4.79 Å². The summed E-state index contributed by atoms with van der Waals surface area (Å²) in [6.45, 7) is 5.67. The van der Waals surface area contributed by atoms with E-state index in [4.69, 9.17) is 0 Å². The number of nitrogens with one attached hydrogen (secondary N) is 1. The molecule has 0 aliphatic carbocycles. The van der Waals surface area contributed by atoms with Gasteiger partial charge in [0.1, 0.15) is 11.5 Å². The highest BCUT2D eigenvalue weighted by Gasteiger charge is 2.23. The number of benzene rings is 1. The Labute approximate surface area is 171 Å². The number of nitrogens with zero attached hydrogens (tertiary/aromatic N) is 4. The molecule has 0 bridgehead atoms. The quantitative estimate of drug-likeness (QED) is 0.727. The highest BCUT2D eigenvalue weighted by atomic mass is 16.2. The van der Waals surface area contributed by atoms with Gasteiger partial charge < -0.3 is 15.1 Å². The average molecular weight is 387 g/mol. The van der Waals surface area contributed by atoms with E-state index in [-0.39, 0.29) is 5.91 Å². The number of anilines is 2. The molecule has 1 aliphatic rings. The second kappa shape index (κ2) is 8.73. The summed E-state index contributed by atoms with van der Waals surface area (Å²) in [6.07, 6.45) is 3.49. The molecule has 2 aromatic heterocycles. The van der Waals surface area contributed by atoms with Gasteiger partial charge in [0, 0.05) is 50.8 Å². The van der Waals surface area contributed by atoms with E-state index in [1.54, 1.807) is 12.4 Å².